The van der Waals surface area contributed by atoms with E-state index in [9.17, 15) is 4.79 Å². The molecule has 4 nitrogen and oxygen atoms in total. The molecule has 0 heterocycles. The average molecular weight is 287 g/mol. The Balaban J connectivity index is 0.00000324. The van der Waals surface area contributed by atoms with Crippen molar-refractivity contribution in [2.24, 2.45) is 5.73 Å². The molecule has 0 aliphatic heterocycles. The number of rotatable bonds is 7. The van der Waals surface area contributed by atoms with Gasteiger partial charge in [-0.25, -0.2) is 0 Å². The molecule has 0 spiro atoms. The summed E-state index contributed by atoms with van der Waals surface area (Å²) in [5.41, 5.74) is 6.88. The maximum atomic E-state index is 11.6. The largest absolute Gasteiger partial charge is 0.497 e. The highest BCUT2D eigenvalue weighted by Crippen LogP contribution is 2.11. The van der Waals surface area contributed by atoms with Crippen LogP contribution in [0.3, 0.4) is 0 Å². The van der Waals surface area contributed by atoms with E-state index in [-0.39, 0.29) is 24.4 Å². The lowest BCUT2D eigenvalue weighted by Crippen LogP contribution is -2.41. The Kier molecular flexibility index (Phi) is 9.00. The third-order valence-corrected chi connectivity index (χ3v) is 2.81. The van der Waals surface area contributed by atoms with E-state index in [1.807, 2.05) is 31.2 Å². The van der Waals surface area contributed by atoms with E-state index in [0.29, 0.717) is 6.54 Å². The van der Waals surface area contributed by atoms with Gasteiger partial charge in [-0.2, -0.15) is 0 Å². The summed E-state index contributed by atoms with van der Waals surface area (Å²) in [5, 5.41) is 2.85. The lowest BCUT2D eigenvalue weighted by atomic mass is 10.1. The quantitative estimate of drug-likeness (QED) is 0.805. The maximum absolute atomic E-state index is 11.6. The molecule has 3 N–H and O–H groups in total. The average Bonchev–Trinajstić information content (AvgIpc) is 2.39. The molecule has 0 aliphatic carbocycles. The summed E-state index contributed by atoms with van der Waals surface area (Å²) in [6, 6.07) is 7.44. The summed E-state index contributed by atoms with van der Waals surface area (Å²) >= 11 is 0. The van der Waals surface area contributed by atoms with Crippen LogP contribution < -0.4 is 15.8 Å². The second-order valence-electron chi connectivity index (χ2n) is 4.28. The Labute approximate surface area is 121 Å². The van der Waals surface area contributed by atoms with Crippen LogP contribution in [-0.4, -0.2) is 25.6 Å². The van der Waals surface area contributed by atoms with Gasteiger partial charge in [-0.3, -0.25) is 4.79 Å². The van der Waals surface area contributed by atoms with Crippen molar-refractivity contribution in [3.05, 3.63) is 29.8 Å². The SMILES string of the molecule is CCCC(N)C(=O)NCCc1ccc(OC)cc1.Cl. The van der Waals surface area contributed by atoms with Crippen molar-refractivity contribution in [2.75, 3.05) is 13.7 Å². The smallest absolute Gasteiger partial charge is 0.236 e. The predicted molar refractivity (Wildman–Crippen MR) is 79.8 cm³/mol. The minimum Gasteiger partial charge on any atom is -0.497 e. The van der Waals surface area contributed by atoms with E-state index in [1.54, 1.807) is 7.11 Å². The van der Waals surface area contributed by atoms with Crippen molar-refractivity contribution in [1.29, 1.82) is 0 Å². The van der Waals surface area contributed by atoms with Crippen molar-refractivity contribution < 1.29 is 9.53 Å². The van der Waals surface area contributed by atoms with Crippen LogP contribution in [0.4, 0.5) is 0 Å². The number of halogens is 1. The predicted octanol–water partition coefficient (Wildman–Crippen LogP) is 1.90. The standard InChI is InChI=1S/C14H22N2O2.ClH/c1-3-4-13(15)14(17)16-10-9-11-5-7-12(18-2)8-6-11;/h5-8,13H,3-4,9-10,15H2,1-2H3,(H,16,17);1H. The molecule has 0 fully saturated rings. The van der Waals surface area contributed by atoms with Gasteiger partial charge in [-0.15, -0.1) is 12.4 Å². The van der Waals surface area contributed by atoms with E-state index >= 15 is 0 Å². The minimum absolute atomic E-state index is 0. The third-order valence-electron chi connectivity index (χ3n) is 2.81. The van der Waals surface area contributed by atoms with E-state index < -0.39 is 0 Å². The molecular weight excluding hydrogens is 264 g/mol. The molecule has 108 valence electrons. The van der Waals surface area contributed by atoms with Gasteiger partial charge in [-0.05, 0) is 30.5 Å². The molecule has 0 aliphatic rings. The lowest BCUT2D eigenvalue weighted by molar-refractivity contribution is -0.122. The Hall–Kier alpha value is -1.26. The fourth-order valence-corrected chi connectivity index (χ4v) is 1.70. The number of benzene rings is 1. The number of carbonyl (C=O) groups excluding carboxylic acids is 1. The molecule has 0 radical (unpaired) electrons. The van der Waals surface area contributed by atoms with E-state index in [0.717, 1.165) is 25.0 Å². The van der Waals surface area contributed by atoms with Crippen LogP contribution in [0.25, 0.3) is 0 Å². The maximum Gasteiger partial charge on any atom is 0.236 e. The Bertz CT molecular complexity index is 368. The second kappa shape index (κ2) is 9.64. The van der Waals surface area contributed by atoms with E-state index in [2.05, 4.69) is 5.32 Å². The van der Waals surface area contributed by atoms with Crippen molar-refractivity contribution in [2.45, 2.75) is 32.2 Å². The molecule has 0 bridgehead atoms. The summed E-state index contributed by atoms with van der Waals surface area (Å²) in [6.45, 7) is 2.63. The van der Waals surface area contributed by atoms with E-state index in [4.69, 9.17) is 10.5 Å². The van der Waals surface area contributed by atoms with Gasteiger partial charge in [0.25, 0.3) is 0 Å². The zero-order chi connectivity index (χ0) is 13.4. The highest BCUT2D eigenvalue weighted by Gasteiger charge is 2.10. The van der Waals surface area contributed by atoms with Gasteiger partial charge in [0.2, 0.25) is 5.91 Å². The van der Waals surface area contributed by atoms with Crippen molar-refractivity contribution in [3.8, 4) is 5.75 Å². The molecule has 5 heteroatoms. The summed E-state index contributed by atoms with van der Waals surface area (Å²) in [6.07, 6.45) is 2.45. The Morgan fingerprint density at radius 1 is 1.37 bits per heavy atom. The summed E-state index contributed by atoms with van der Waals surface area (Å²) in [7, 11) is 1.64. The highest BCUT2D eigenvalue weighted by atomic mass is 35.5. The second-order valence-corrected chi connectivity index (χ2v) is 4.28. The molecule has 0 aromatic heterocycles. The lowest BCUT2D eigenvalue weighted by Gasteiger charge is -2.11. The summed E-state index contributed by atoms with van der Waals surface area (Å²) < 4.78 is 5.08. The van der Waals surface area contributed by atoms with Gasteiger partial charge in [-0.1, -0.05) is 25.5 Å². The fourth-order valence-electron chi connectivity index (χ4n) is 1.70. The molecule has 0 saturated heterocycles. The summed E-state index contributed by atoms with van der Waals surface area (Å²) in [5.74, 6) is 0.776. The molecule has 1 unspecified atom stereocenters. The van der Waals surface area contributed by atoms with E-state index in [1.165, 1.54) is 5.56 Å². The molecule has 0 saturated carbocycles. The number of hydrogen-bond donors (Lipinski definition) is 2. The molecule has 1 atom stereocenters. The first-order valence-electron chi connectivity index (χ1n) is 6.33. The molecule has 1 rings (SSSR count). The first-order chi connectivity index (χ1) is 8.67. The van der Waals surface area contributed by atoms with Crippen LogP contribution in [0.1, 0.15) is 25.3 Å². The molecule has 1 aromatic rings. The normalized spacial score (nSPS) is 11.3. The van der Waals surface area contributed by atoms with Crippen LogP contribution in [0.5, 0.6) is 5.75 Å². The zero-order valence-electron chi connectivity index (χ0n) is 11.5. The van der Waals surface area contributed by atoms with Crippen LogP contribution in [-0.2, 0) is 11.2 Å². The number of methoxy groups -OCH3 is 1. The molecule has 1 amide bonds. The van der Waals surface area contributed by atoms with Crippen LogP contribution in [0.2, 0.25) is 0 Å². The monoisotopic (exact) mass is 286 g/mol. The Morgan fingerprint density at radius 2 is 2.00 bits per heavy atom. The zero-order valence-corrected chi connectivity index (χ0v) is 12.3. The summed E-state index contributed by atoms with van der Waals surface area (Å²) in [4.78, 5) is 11.6. The molecule has 1 aromatic carbocycles. The van der Waals surface area contributed by atoms with Gasteiger partial charge in [0.15, 0.2) is 0 Å². The van der Waals surface area contributed by atoms with Gasteiger partial charge in [0.05, 0.1) is 13.2 Å². The van der Waals surface area contributed by atoms with Gasteiger partial charge < -0.3 is 15.8 Å². The van der Waals surface area contributed by atoms with Gasteiger partial charge >= 0.3 is 0 Å². The molecule has 19 heavy (non-hydrogen) atoms. The third kappa shape index (κ3) is 6.45. The van der Waals surface area contributed by atoms with Gasteiger partial charge in [0, 0.05) is 6.54 Å². The Morgan fingerprint density at radius 3 is 2.53 bits per heavy atom. The van der Waals surface area contributed by atoms with Crippen molar-refractivity contribution in [3.63, 3.8) is 0 Å². The van der Waals surface area contributed by atoms with Crippen LogP contribution in [0, 0.1) is 0 Å². The topological polar surface area (TPSA) is 64.4 Å². The minimum atomic E-state index is -0.383. The van der Waals surface area contributed by atoms with Crippen LogP contribution >= 0.6 is 12.4 Å². The number of carbonyl (C=O) groups is 1. The fraction of sp³-hybridized carbons (Fsp3) is 0.500. The number of amides is 1. The van der Waals surface area contributed by atoms with Gasteiger partial charge in [0.1, 0.15) is 5.75 Å². The first-order valence-corrected chi connectivity index (χ1v) is 6.33. The van der Waals surface area contributed by atoms with Crippen molar-refractivity contribution in [1.82, 2.24) is 5.32 Å². The number of hydrogen-bond acceptors (Lipinski definition) is 3. The van der Waals surface area contributed by atoms with Crippen molar-refractivity contribution >= 4 is 18.3 Å². The highest BCUT2D eigenvalue weighted by molar-refractivity contribution is 5.85. The van der Waals surface area contributed by atoms with Crippen LogP contribution in [0.15, 0.2) is 24.3 Å². The first kappa shape index (κ1) is 17.7. The number of nitrogens with two attached hydrogens (primary N) is 1. The number of ether oxygens (including phenoxy) is 1. The number of nitrogens with one attached hydrogen (secondary N) is 1. The molecular formula is C14H23ClN2O2.